The predicted octanol–water partition coefficient (Wildman–Crippen LogP) is 5.25. The number of hydrogen-bond acceptors (Lipinski definition) is 4. The van der Waals surface area contributed by atoms with Crippen molar-refractivity contribution in [2.24, 2.45) is 4.99 Å². The number of hydrogen-bond donors (Lipinski definition) is 0. The van der Waals surface area contributed by atoms with Gasteiger partial charge in [0.2, 0.25) is 0 Å². The second-order valence-electron chi connectivity index (χ2n) is 6.89. The zero-order chi connectivity index (χ0) is 20.5. The van der Waals surface area contributed by atoms with Gasteiger partial charge >= 0.3 is 6.18 Å². The topological polar surface area (TPSA) is 47.4 Å². The molecule has 1 aromatic heterocycles. The van der Waals surface area contributed by atoms with Crippen LogP contribution in [0.4, 0.5) is 19.0 Å². The van der Waals surface area contributed by atoms with E-state index in [0.29, 0.717) is 5.71 Å². The third-order valence-electron chi connectivity index (χ3n) is 5.03. The summed E-state index contributed by atoms with van der Waals surface area (Å²) in [7, 11) is 1.33. The highest BCUT2D eigenvalue weighted by Gasteiger charge is 2.66. The van der Waals surface area contributed by atoms with Crippen LogP contribution in [-0.4, -0.2) is 29.2 Å². The van der Waals surface area contributed by atoms with Gasteiger partial charge in [0.15, 0.2) is 5.82 Å². The highest BCUT2D eigenvalue weighted by atomic mass is 19.4. The second-order valence-corrected chi connectivity index (χ2v) is 6.89. The first-order chi connectivity index (χ1) is 13.9. The summed E-state index contributed by atoms with van der Waals surface area (Å²) in [6, 6.07) is 20.4. The molecule has 148 valence electrons. The molecule has 1 saturated carbocycles. The molecule has 0 atom stereocenters. The third-order valence-corrected chi connectivity index (χ3v) is 5.03. The van der Waals surface area contributed by atoms with E-state index >= 15 is 0 Å². The fraction of sp³-hybridized carbons (Fsp3) is 0.227. The Labute approximate surface area is 166 Å². The highest BCUT2D eigenvalue weighted by molar-refractivity contribution is 6.13. The Morgan fingerprint density at radius 1 is 0.931 bits per heavy atom. The van der Waals surface area contributed by atoms with Crippen molar-refractivity contribution in [3.63, 3.8) is 0 Å². The molecular formula is C22H18F3N3O. The molecule has 0 saturated heterocycles. The maximum Gasteiger partial charge on any atom is 0.400 e. The average Bonchev–Trinajstić information content (AvgIpc) is 3.55. The molecular weight excluding hydrogens is 379 g/mol. The fourth-order valence-electron chi connectivity index (χ4n) is 3.29. The first-order valence-electron chi connectivity index (χ1n) is 9.13. The number of aromatic nitrogens is 2. The zero-order valence-electron chi connectivity index (χ0n) is 15.6. The van der Waals surface area contributed by atoms with Crippen LogP contribution in [0.5, 0.6) is 5.75 Å². The van der Waals surface area contributed by atoms with Gasteiger partial charge in [-0.15, -0.1) is 10.2 Å². The van der Waals surface area contributed by atoms with Gasteiger partial charge in [-0.1, -0.05) is 60.7 Å². The Hall–Kier alpha value is -3.22. The Bertz CT molecular complexity index is 989. The predicted molar refractivity (Wildman–Crippen MR) is 104 cm³/mol. The van der Waals surface area contributed by atoms with E-state index in [4.69, 9.17) is 4.74 Å². The van der Waals surface area contributed by atoms with Crippen LogP contribution in [0.1, 0.15) is 29.7 Å². The molecule has 0 amide bonds. The van der Waals surface area contributed by atoms with E-state index in [2.05, 4.69) is 15.2 Å². The maximum absolute atomic E-state index is 13.5. The summed E-state index contributed by atoms with van der Waals surface area (Å²) in [6.45, 7) is 0. The Morgan fingerprint density at radius 2 is 1.48 bits per heavy atom. The average molecular weight is 397 g/mol. The van der Waals surface area contributed by atoms with Crippen LogP contribution in [0, 0.1) is 0 Å². The molecule has 4 nitrogen and oxygen atoms in total. The number of ether oxygens (including phenoxy) is 1. The van der Waals surface area contributed by atoms with E-state index in [1.165, 1.54) is 13.2 Å². The van der Waals surface area contributed by atoms with Gasteiger partial charge in [-0.2, -0.15) is 13.2 Å². The van der Waals surface area contributed by atoms with Gasteiger partial charge in [-0.25, -0.2) is 4.99 Å². The third kappa shape index (κ3) is 3.60. The number of rotatable bonds is 5. The monoisotopic (exact) mass is 397 g/mol. The van der Waals surface area contributed by atoms with E-state index in [1.54, 1.807) is 0 Å². The molecule has 3 aromatic rings. The molecule has 1 fully saturated rings. The van der Waals surface area contributed by atoms with E-state index in [0.717, 1.165) is 11.1 Å². The number of nitrogens with zero attached hydrogens (tertiary/aromatic N) is 3. The lowest BCUT2D eigenvalue weighted by Gasteiger charge is -2.20. The minimum Gasteiger partial charge on any atom is -0.495 e. The summed E-state index contributed by atoms with van der Waals surface area (Å²) in [4.78, 5) is 4.60. The lowest BCUT2D eigenvalue weighted by molar-refractivity contribution is -0.162. The normalized spacial score (nSPS) is 14.9. The fourth-order valence-corrected chi connectivity index (χ4v) is 3.29. The first kappa shape index (κ1) is 19.1. The lowest BCUT2D eigenvalue weighted by Crippen LogP contribution is -2.30. The lowest BCUT2D eigenvalue weighted by atomic mass is 10.0. The van der Waals surface area contributed by atoms with Gasteiger partial charge < -0.3 is 4.74 Å². The molecule has 29 heavy (non-hydrogen) atoms. The molecule has 4 rings (SSSR count). The van der Waals surface area contributed by atoms with Crippen molar-refractivity contribution in [2.75, 3.05) is 7.11 Å². The van der Waals surface area contributed by atoms with Crippen molar-refractivity contribution < 1.29 is 17.9 Å². The van der Waals surface area contributed by atoms with E-state index in [9.17, 15) is 13.2 Å². The number of alkyl halides is 3. The van der Waals surface area contributed by atoms with E-state index < -0.39 is 11.6 Å². The van der Waals surface area contributed by atoms with Crippen molar-refractivity contribution in [1.29, 1.82) is 0 Å². The Balaban J connectivity index is 1.80. The van der Waals surface area contributed by atoms with Gasteiger partial charge in [0.1, 0.15) is 16.9 Å². The minimum atomic E-state index is -4.39. The molecule has 0 radical (unpaired) electrons. The first-order valence-corrected chi connectivity index (χ1v) is 9.13. The van der Waals surface area contributed by atoms with Crippen molar-refractivity contribution in [1.82, 2.24) is 10.2 Å². The molecule has 7 heteroatoms. The van der Waals surface area contributed by atoms with E-state index in [-0.39, 0.29) is 30.1 Å². The SMILES string of the molecule is COc1cc(N=C(c2ccccc2)c2ccccc2)nnc1C1(C(F)(F)F)CC1. The van der Waals surface area contributed by atoms with Crippen molar-refractivity contribution in [3.05, 3.63) is 83.6 Å². The van der Waals surface area contributed by atoms with Crippen LogP contribution in [0.2, 0.25) is 0 Å². The molecule has 0 spiro atoms. The molecule has 2 aromatic carbocycles. The number of methoxy groups -OCH3 is 1. The smallest absolute Gasteiger partial charge is 0.400 e. The molecule has 0 bridgehead atoms. The van der Waals surface area contributed by atoms with Crippen molar-refractivity contribution in [3.8, 4) is 5.75 Å². The number of benzene rings is 2. The van der Waals surface area contributed by atoms with Crippen LogP contribution in [-0.2, 0) is 5.41 Å². The van der Waals surface area contributed by atoms with Gasteiger partial charge in [0.25, 0.3) is 0 Å². The molecule has 1 heterocycles. The number of aliphatic imine (C=N–C) groups is 1. The molecule has 0 aliphatic heterocycles. The van der Waals surface area contributed by atoms with Crippen LogP contribution in [0.3, 0.4) is 0 Å². The van der Waals surface area contributed by atoms with Gasteiger partial charge in [0.05, 0.1) is 12.8 Å². The number of halogens is 3. The van der Waals surface area contributed by atoms with Gasteiger partial charge in [0, 0.05) is 17.2 Å². The second kappa shape index (κ2) is 7.31. The summed E-state index contributed by atoms with van der Waals surface area (Å²) in [5.74, 6) is 0.236. The van der Waals surface area contributed by atoms with Gasteiger partial charge in [-0.05, 0) is 12.8 Å². The summed E-state index contributed by atoms with van der Waals surface area (Å²) in [5.41, 5.74) is 0.226. The Morgan fingerprint density at radius 3 is 1.93 bits per heavy atom. The summed E-state index contributed by atoms with van der Waals surface area (Å²) in [5, 5.41) is 7.87. The van der Waals surface area contributed by atoms with Crippen LogP contribution in [0.25, 0.3) is 0 Å². The highest BCUT2D eigenvalue weighted by Crippen LogP contribution is 2.60. The van der Waals surface area contributed by atoms with Gasteiger partial charge in [-0.3, -0.25) is 0 Å². The molecule has 0 unspecified atom stereocenters. The van der Waals surface area contributed by atoms with Crippen molar-refractivity contribution >= 4 is 11.5 Å². The van der Waals surface area contributed by atoms with Crippen LogP contribution in [0.15, 0.2) is 71.7 Å². The molecule has 1 aliphatic carbocycles. The largest absolute Gasteiger partial charge is 0.495 e. The summed E-state index contributed by atoms with van der Waals surface area (Å²) < 4.78 is 45.7. The summed E-state index contributed by atoms with van der Waals surface area (Å²) >= 11 is 0. The standard InChI is InChI=1S/C22H18F3N3O/c1-29-17-14-18(27-28-20(17)21(12-13-21)22(23,24)25)26-19(15-8-4-2-5-9-15)16-10-6-3-7-11-16/h2-11,14H,12-13H2,1H3. The minimum absolute atomic E-state index is 0.0105. The molecule has 0 N–H and O–H groups in total. The van der Waals surface area contributed by atoms with E-state index in [1.807, 2.05) is 60.7 Å². The Kier molecular flexibility index (Phi) is 4.82. The van der Waals surface area contributed by atoms with Crippen molar-refractivity contribution in [2.45, 2.75) is 24.4 Å². The maximum atomic E-state index is 13.5. The molecule has 1 aliphatic rings. The van der Waals surface area contributed by atoms with Crippen LogP contribution >= 0.6 is 0 Å². The zero-order valence-corrected chi connectivity index (χ0v) is 15.6. The summed E-state index contributed by atoms with van der Waals surface area (Å²) in [6.07, 6.45) is -4.41. The van der Waals surface area contributed by atoms with Crippen LogP contribution < -0.4 is 4.74 Å². The quantitative estimate of drug-likeness (QED) is 0.553.